The Labute approximate surface area is 141 Å². The number of aryl methyl sites for hydroxylation is 1. The first kappa shape index (κ1) is 17.1. The van der Waals surface area contributed by atoms with Crippen LogP contribution in [0.1, 0.15) is 11.1 Å². The minimum atomic E-state index is -0.567. The van der Waals surface area contributed by atoms with Gasteiger partial charge in [0.1, 0.15) is 17.4 Å². The molecule has 5 heteroatoms. The molecule has 2 rings (SSSR count). The van der Waals surface area contributed by atoms with Gasteiger partial charge in [-0.05, 0) is 36.6 Å². The average Bonchev–Trinajstić information content (AvgIpc) is 2.58. The van der Waals surface area contributed by atoms with E-state index in [2.05, 4.69) is 16.7 Å². The molecule has 24 heavy (non-hydrogen) atoms. The third kappa shape index (κ3) is 4.62. The van der Waals surface area contributed by atoms with Crippen molar-refractivity contribution in [3.63, 3.8) is 0 Å². The number of amides is 1. The molecule has 1 amide bonds. The van der Waals surface area contributed by atoms with E-state index in [0.717, 1.165) is 6.42 Å². The standard InChI is InChI=1S/C19H19N3O2/c1-14-6-2-3-7-15(14)10-11-21-13-16(12-20)19(24)22-17-8-4-5-9-18(17)23/h2-9,13,21,23H,10-11H2,1H3,(H,22,24)/b16-13-. The van der Waals surface area contributed by atoms with E-state index in [-0.39, 0.29) is 17.0 Å². The fraction of sp³-hybridized carbons (Fsp3) is 0.158. The Morgan fingerprint density at radius 3 is 2.62 bits per heavy atom. The zero-order valence-electron chi connectivity index (χ0n) is 13.4. The van der Waals surface area contributed by atoms with Crippen LogP contribution in [0.25, 0.3) is 0 Å². The van der Waals surface area contributed by atoms with Crippen LogP contribution < -0.4 is 10.6 Å². The highest BCUT2D eigenvalue weighted by Gasteiger charge is 2.11. The summed E-state index contributed by atoms with van der Waals surface area (Å²) in [6.07, 6.45) is 2.19. The van der Waals surface area contributed by atoms with Crippen molar-refractivity contribution in [3.05, 3.63) is 71.4 Å². The fourth-order valence-electron chi connectivity index (χ4n) is 2.19. The summed E-state index contributed by atoms with van der Waals surface area (Å²) in [5.74, 6) is -0.613. The molecule has 0 saturated heterocycles. The van der Waals surface area contributed by atoms with Crippen LogP contribution in [-0.2, 0) is 11.2 Å². The Kier molecular flexibility index (Phi) is 5.98. The van der Waals surface area contributed by atoms with E-state index < -0.39 is 5.91 Å². The van der Waals surface area contributed by atoms with Gasteiger partial charge in [-0.1, -0.05) is 36.4 Å². The number of rotatable bonds is 6. The number of nitrogens with zero attached hydrogens (tertiary/aromatic N) is 1. The molecular formula is C19H19N3O2. The largest absolute Gasteiger partial charge is 0.506 e. The van der Waals surface area contributed by atoms with Crippen molar-refractivity contribution in [3.8, 4) is 11.8 Å². The van der Waals surface area contributed by atoms with Gasteiger partial charge < -0.3 is 15.7 Å². The Hall–Kier alpha value is -3.26. The summed E-state index contributed by atoms with van der Waals surface area (Å²) in [6.45, 7) is 2.66. The lowest BCUT2D eigenvalue weighted by Gasteiger charge is -2.07. The maximum absolute atomic E-state index is 12.1. The van der Waals surface area contributed by atoms with Crippen LogP contribution in [0.2, 0.25) is 0 Å². The van der Waals surface area contributed by atoms with Crippen LogP contribution in [0.4, 0.5) is 5.69 Å². The first-order chi connectivity index (χ1) is 11.6. The number of carbonyl (C=O) groups is 1. The predicted octanol–water partition coefficient (Wildman–Crippen LogP) is 2.88. The molecular weight excluding hydrogens is 302 g/mol. The number of nitriles is 1. The minimum absolute atomic E-state index is 0.0457. The zero-order valence-corrected chi connectivity index (χ0v) is 13.4. The Morgan fingerprint density at radius 1 is 1.21 bits per heavy atom. The van der Waals surface area contributed by atoms with Crippen molar-refractivity contribution in [2.75, 3.05) is 11.9 Å². The fourth-order valence-corrected chi connectivity index (χ4v) is 2.19. The molecule has 0 saturated carbocycles. The normalized spacial score (nSPS) is 10.8. The number of phenols is 1. The molecule has 0 radical (unpaired) electrons. The van der Waals surface area contributed by atoms with Crippen LogP contribution in [0.15, 0.2) is 60.3 Å². The quantitative estimate of drug-likeness (QED) is 0.330. The summed E-state index contributed by atoms with van der Waals surface area (Å²) in [5, 5.41) is 24.3. The van der Waals surface area contributed by atoms with Crippen LogP contribution in [0.5, 0.6) is 5.75 Å². The third-order valence-electron chi connectivity index (χ3n) is 3.56. The van der Waals surface area contributed by atoms with Crippen LogP contribution >= 0.6 is 0 Å². The lowest BCUT2D eigenvalue weighted by atomic mass is 10.1. The molecule has 0 spiro atoms. The zero-order chi connectivity index (χ0) is 17.4. The van der Waals surface area contributed by atoms with Crippen molar-refractivity contribution in [1.29, 1.82) is 5.26 Å². The summed E-state index contributed by atoms with van der Waals surface area (Å²) in [6, 6.07) is 16.3. The molecule has 0 aliphatic rings. The maximum Gasteiger partial charge on any atom is 0.267 e. The SMILES string of the molecule is Cc1ccccc1CCN/C=C(/C#N)C(=O)Nc1ccccc1O. The van der Waals surface area contributed by atoms with Gasteiger partial charge in [-0.15, -0.1) is 0 Å². The molecule has 0 atom stereocenters. The van der Waals surface area contributed by atoms with Gasteiger partial charge in [-0.25, -0.2) is 0 Å². The van der Waals surface area contributed by atoms with Gasteiger partial charge in [0.2, 0.25) is 0 Å². The van der Waals surface area contributed by atoms with Crippen molar-refractivity contribution >= 4 is 11.6 Å². The Morgan fingerprint density at radius 2 is 1.92 bits per heavy atom. The van der Waals surface area contributed by atoms with Gasteiger partial charge >= 0.3 is 0 Å². The summed E-state index contributed by atoms with van der Waals surface area (Å²) in [7, 11) is 0. The molecule has 0 aliphatic carbocycles. The number of anilines is 1. The van der Waals surface area contributed by atoms with Crippen LogP contribution in [0, 0.1) is 18.3 Å². The van der Waals surface area contributed by atoms with Crippen LogP contribution in [-0.4, -0.2) is 17.6 Å². The van der Waals surface area contributed by atoms with Gasteiger partial charge in [0.25, 0.3) is 5.91 Å². The Balaban J connectivity index is 1.92. The molecule has 0 heterocycles. The number of carbonyl (C=O) groups excluding carboxylic acids is 1. The van der Waals surface area contributed by atoms with E-state index in [0.29, 0.717) is 6.54 Å². The highest BCUT2D eigenvalue weighted by molar-refractivity contribution is 6.07. The number of nitrogens with one attached hydrogen (secondary N) is 2. The summed E-state index contributed by atoms with van der Waals surface area (Å²) >= 11 is 0. The molecule has 0 aromatic heterocycles. The number of benzene rings is 2. The highest BCUT2D eigenvalue weighted by atomic mass is 16.3. The van der Waals surface area contributed by atoms with E-state index in [1.165, 1.54) is 23.4 Å². The van der Waals surface area contributed by atoms with Crippen molar-refractivity contribution in [1.82, 2.24) is 5.32 Å². The first-order valence-corrected chi connectivity index (χ1v) is 7.59. The van der Waals surface area contributed by atoms with E-state index in [9.17, 15) is 9.90 Å². The minimum Gasteiger partial charge on any atom is -0.506 e. The number of aromatic hydroxyl groups is 1. The van der Waals surface area contributed by atoms with Crippen molar-refractivity contribution < 1.29 is 9.90 Å². The third-order valence-corrected chi connectivity index (χ3v) is 3.56. The van der Waals surface area contributed by atoms with Gasteiger partial charge in [0.05, 0.1) is 5.69 Å². The summed E-state index contributed by atoms with van der Waals surface area (Å²) < 4.78 is 0. The van der Waals surface area contributed by atoms with E-state index in [1.54, 1.807) is 18.2 Å². The maximum atomic E-state index is 12.1. The molecule has 0 fully saturated rings. The van der Waals surface area contributed by atoms with Gasteiger partial charge in [0, 0.05) is 12.7 Å². The highest BCUT2D eigenvalue weighted by Crippen LogP contribution is 2.21. The van der Waals surface area contributed by atoms with Crippen LogP contribution in [0.3, 0.4) is 0 Å². The monoisotopic (exact) mass is 321 g/mol. The van der Waals surface area contributed by atoms with Gasteiger partial charge in [-0.3, -0.25) is 4.79 Å². The molecule has 3 N–H and O–H groups in total. The molecule has 0 unspecified atom stereocenters. The van der Waals surface area contributed by atoms with Gasteiger partial charge in [0.15, 0.2) is 0 Å². The number of hydrogen-bond donors (Lipinski definition) is 3. The molecule has 122 valence electrons. The second-order valence-corrected chi connectivity index (χ2v) is 5.27. The van der Waals surface area contributed by atoms with E-state index in [4.69, 9.17) is 5.26 Å². The lowest BCUT2D eigenvalue weighted by molar-refractivity contribution is -0.112. The topological polar surface area (TPSA) is 85.2 Å². The predicted molar refractivity (Wildman–Crippen MR) is 93.3 cm³/mol. The smallest absolute Gasteiger partial charge is 0.267 e. The molecule has 5 nitrogen and oxygen atoms in total. The molecule has 2 aromatic rings. The van der Waals surface area contributed by atoms with Gasteiger partial charge in [-0.2, -0.15) is 5.26 Å². The van der Waals surface area contributed by atoms with E-state index in [1.807, 2.05) is 31.2 Å². The second-order valence-electron chi connectivity index (χ2n) is 5.27. The summed E-state index contributed by atoms with van der Waals surface area (Å²) in [5.41, 5.74) is 2.64. The number of phenolic OH excluding ortho intramolecular Hbond substituents is 1. The van der Waals surface area contributed by atoms with Crippen molar-refractivity contribution in [2.24, 2.45) is 0 Å². The molecule has 0 aliphatic heterocycles. The number of hydrogen-bond acceptors (Lipinski definition) is 4. The Bertz CT molecular complexity index is 791. The first-order valence-electron chi connectivity index (χ1n) is 7.59. The number of para-hydroxylation sites is 2. The second kappa shape index (κ2) is 8.39. The summed E-state index contributed by atoms with van der Waals surface area (Å²) in [4.78, 5) is 12.1. The molecule has 2 aromatic carbocycles. The van der Waals surface area contributed by atoms with E-state index >= 15 is 0 Å². The molecule has 0 bridgehead atoms. The average molecular weight is 321 g/mol. The van der Waals surface area contributed by atoms with Crippen molar-refractivity contribution in [2.45, 2.75) is 13.3 Å². The lowest BCUT2D eigenvalue weighted by Crippen LogP contribution is -2.18.